The number of hydrogen-bond acceptors (Lipinski definition) is 3. The van der Waals surface area contributed by atoms with Gasteiger partial charge in [0.1, 0.15) is 4.49 Å². The molecule has 0 heterocycles. The molecule has 1 fully saturated rings. The van der Waals surface area contributed by atoms with Crippen LogP contribution in [0.3, 0.4) is 0 Å². The lowest BCUT2D eigenvalue weighted by atomic mass is 10.1. The Morgan fingerprint density at radius 2 is 2.00 bits per heavy atom. The van der Waals surface area contributed by atoms with Gasteiger partial charge in [-0.3, -0.25) is 15.1 Å². The van der Waals surface area contributed by atoms with Gasteiger partial charge in [0.15, 0.2) is 0 Å². The summed E-state index contributed by atoms with van der Waals surface area (Å²) in [4.78, 5) is 17.5. The first kappa shape index (κ1) is 20.1. The van der Waals surface area contributed by atoms with Crippen molar-refractivity contribution in [2.75, 3.05) is 13.2 Å². The summed E-state index contributed by atoms with van der Waals surface area (Å²) in [7, 11) is 0. The molecule has 130 valence electrons. The van der Waals surface area contributed by atoms with E-state index in [0.29, 0.717) is 13.2 Å². The lowest BCUT2D eigenvalue weighted by Crippen LogP contribution is -2.29. The molecule has 0 spiro atoms. The van der Waals surface area contributed by atoms with E-state index >= 15 is 0 Å². The number of hydrogen-bond donors (Lipinski definition) is 2. The zero-order chi connectivity index (χ0) is 17.5. The zero-order valence-electron chi connectivity index (χ0n) is 14.2. The molecule has 0 saturated heterocycles. The van der Waals surface area contributed by atoms with E-state index in [0.717, 1.165) is 12.1 Å². The monoisotopic (exact) mass is 360 g/mol. The fourth-order valence-corrected chi connectivity index (χ4v) is 2.87. The van der Waals surface area contributed by atoms with E-state index in [-0.39, 0.29) is 27.6 Å². The minimum Gasteiger partial charge on any atom is -0.356 e. The molecule has 0 aliphatic heterocycles. The van der Waals surface area contributed by atoms with Crippen molar-refractivity contribution >= 4 is 29.1 Å². The molecule has 1 rings (SSSR count). The standard InChI is InChI=1S/C17H26Cl2N2O2/c1-5-8-12(6-2)21-23-10-7-9-20-16(22)15-13(11-14(18)19)17(15,3)4/h5-6,8,11,13,15,21H,7,9-10H2,1-4H3,(H,20,22)/b8-5-,12-6+. The summed E-state index contributed by atoms with van der Waals surface area (Å²) in [5, 5.41) is 2.94. The number of nitrogens with one attached hydrogen (secondary N) is 2. The number of carbonyl (C=O) groups excluding carboxylic acids is 1. The van der Waals surface area contributed by atoms with Crippen molar-refractivity contribution in [3.63, 3.8) is 0 Å². The molecule has 2 atom stereocenters. The second kappa shape index (κ2) is 9.36. The molecular formula is C17H26Cl2N2O2. The highest BCUT2D eigenvalue weighted by atomic mass is 35.5. The van der Waals surface area contributed by atoms with Crippen molar-refractivity contribution in [2.24, 2.45) is 17.3 Å². The molecule has 2 N–H and O–H groups in total. The summed E-state index contributed by atoms with van der Waals surface area (Å²) in [6, 6.07) is 0. The first-order chi connectivity index (χ1) is 10.8. The molecule has 1 amide bonds. The molecule has 1 aliphatic carbocycles. The van der Waals surface area contributed by atoms with Crippen LogP contribution in [0.25, 0.3) is 0 Å². The van der Waals surface area contributed by atoms with Gasteiger partial charge in [-0.25, -0.2) is 0 Å². The Kier molecular flexibility index (Phi) is 8.17. The molecule has 0 aromatic rings. The van der Waals surface area contributed by atoms with Crippen molar-refractivity contribution < 1.29 is 9.63 Å². The summed E-state index contributed by atoms with van der Waals surface area (Å²) in [6.45, 7) is 9.05. The summed E-state index contributed by atoms with van der Waals surface area (Å²) in [5.74, 6) is 0.0729. The minimum absolute atomic E-state index is 0.0434. The highest BCUT2D eigenvalue weighted by Gasteiger charge is 2.60. The van der Waals surface area contributed by atoms with Crippen LogP contribution in [-0.2, 0) is 9.63 Å². The van der Waals surface area contributed by atoms with Crippen LogP contribution < -0.4 is 10.8 Å². The van der Waals surface area contributed by atoms with Gasteiger partial charge in [-0.05, 0) is 43.8 Å². The molecule has 4 nitrogen and oxygen atoms in total. The van der Waals surface area contributed by atoms with E-state index in [1.165, 1.54) is 0 Å². The van der Waals surface area contributed by atoms with Gasteiger partial charge < -0.3 is 5.32 Å². The lowest BCUT2D eigenvalue weighted by Gasteiger charge is -2.08. The number of amides is 1. The van der Waals surface area contributed by atoms with Crippen LogP contribution >= 0.6 is 23.2 Å². The number of carbonyl (C=O) groups is 1. The Hall–Kier alpha value is -0.970. The van der Waals surface area contributed by atoms with E-state index in [1.807, 2.05) is 45.9 Å². The van der Waals surface area contributed by atoms with Gasteiger partial charge in [0.25, 0.3) is 0 Å². The molecule has 1 saturated carbocycles. The maximum Gasteiger partial charge on any atom is 0.224 e. The van der Waals surface area contributed by atoms with Crippen molar-refractivity contribution in [3.8, 4) is 0 Å². The van der Waals surface area contributed by atoms with Gasteiger partial charge >= 0.3 is 0 Å². The number of allylic oxidation sites excluding steroid dienone is 4. The van der Waals surface area contributed by atoms with E-state index in [4.69, 9.17) is 28.0 Å². The van der Waals surface area contributed by atoms with Crippen LogP contribution in [-0.4, -0.2) is 19.1 Å². The van der Waals surface area contributed by atoms with Gasteiger partial charge in [-0.2, -0.15) is 0 Å². The third kappa shape index (κ3) is 6.21. The minimum atomic E-state index is -0.0928. The van der Waals surface area contributed by atoms with Crippen LogP contribution in [0.2, 0.25) is 0 Å². The average Bonchev–Trinajstić information content (AvgIpc) is 3.01. The molecule has 2 unspecified atom stereocenters. The number of hydroxylamine groups is 1. The van der Waals surface area contributed by atoms with Gasteiger partial charge in [-0.15, -0.1) is 0 Å². The molecule has 1 aliphatic rings. The largest absolute Gasteiger partial charge is 0.356 e. The van der Waals surface area contributed by atoms with E-state index in [1.54, 1.807) is 6.08 Å². The summed E-state index contributed by atoms with van der Waals surface area (Å²) >= 11 is 11.4. The van der Waals surface area contributed by atoms with E-state index < -0.39 is 0 Å². The molecule has 23 heavy (non-hydrogen) atoms. The Bertz CT molecular complexity index is 495. The quantitative estimate of drug-likeness (QED) is 0.370. The van der Waals surface area contributed by atoms with Crippen LogP contribution in [0.15, 0.2) is 34.5 Å². The van der Waals surface area contributed by atoms with Gasteiger partial charge in [0.05, 0.1) is 18.2 Å². The molecule has 0 radical (unpaired) electrons. The van der Waals surface area contributed by atoms with Crippen molar-refractivity contribution in [1.29, 1.82) is 0 Å². The fourth-order valence-electron chi connectivity index (χ4n) is 2.59. The van der Waals surface area contributed by atoms with E-state index in [2.05, 4.69) is 10.8 Å². The maximum absolute atomic E-state index is 12.2. The van der Waals surface area contributed by atoms with Crippen LogP contribution in [0.5, 0.6) is 0 Å². The van der Waals surface area contributed by atoms with Crippen LogP contribution in [0.4, 0.5) is 0 Å². The van der Waals surface area contributed by atoms with Crippen molar-refractivity contribution in [2.45, 2.75) is 34.1 Å². The zero-order valence-corrected chi connectivity index (χ0v) is 15.7. The lowest BCUT2D eigenvalue weighted by molar-refractivity contribution is -0.123. The number of halogens is 2. The Morgan fingerprint density at radius 3 is 2.57 bits per heavy atom. The second-order valence-corrected chi connectivity index (χ2v) is 7.13. The third-order valence-electron chi connectivity index (χ3n) is 4.07. The first-order valence-corrected chi connectivity index (χ1v) is 8.57. The van der Waals surface area contributed by atoms with Crippen molar-refractivity contribution in [3.05, 3.63) is 34.5 Å². The number of rotatable bonds is 9. The molecule has 0 aromatic heterocycles. The molecular weight excluding hydrogens is 335 g/mol. The Labute approximate surface area is 148 Å². The Morgan fingerprint density at radius 1 is 1.30 bits per heavy atom. The summed E-state index contributed by atoms with van der Waals surface area (Å²) in [6.07, 6.45) is 8.26. The smallest absolute Gasteiger partial charge is 0.224 e. The SMILES string of the molecule is C/C=C\C(=C/C)NOCCCNC(=O)C1C(C=C(Cl)Cl)C1(C)C. The van der Waals surface area contributed by atoms with E-state index in [9.17, 15) is 4.79 Å². The predicted molar refractivity (Wildman–Crippen MR) is 95.8 cm³/mol. The van der Waals surface area contributed by atoms with Gasteiger partial charge in [0, 0.05) is 6.54 Å². The third-order valence-corrected chi connectivity index (χ3v) is 4.32. The maximum atomic E-state index is 12.2. The van der Waals surface area contributed by atoms with Crippen molar-refractivity contribution in [1.82, 2.24) is 10.8 Å². The fraction of sp³-hybridized carbons (Fsp3) is 0.588. The van der Waals surface area contributed by atoms with Gasteiger partial charge in [-0.1, -0.05) is 49.2 Å². The predicted octanol–water partition coefficient (Wildman–Crippen LogP) is 4.09. The normalized spacial score (nSPS) is 22.8. The summed E-state index contributed by atoms with van der Waals surface area (Å²) < 4.78 is 0.221. The first-order valence-electron chi connectivity index (χ1n) is 7.82. The molecule has 0 aromatic carbocycles. The Balaban J connectivity index is 2.22. The second-order valence-electron chi connectivity index (χ2n) is 6.12. The molecule has 6 heteroatoms. The summed E-state index contributed by atoms with van der Waals surface area (Å²) in [5.41, 5.74) is 3.67. The highest BCUT2D eigenvalue weighted by Crippen LogP contribution is 2.59. The van der Waals surface area contributed by atoms with Crippen LogP contribution in [0, 0.1) is 17.3 Å². The highest BCUT2D eigenvalue weighted by molar-refractivity contribution is 6.55. The average molecular weight is 361 g/mol. The van der Waals surface area contributed by atoms with Gasteiger partial charge in [0.2, 0.25) is 5.91 Å². The molecule has 0 bridgehead atoms. The van der Waals surface area contributed by atoms with Crippen LogP contribution in [0.1, 0.15) is 34.1 Å². The topological polar surface area (TPSA) is 50.4 Å².